The summed E-state index contributed by atoms with van der Waals surface area (Å²) < 4.78 is 38.1. The average molecular weight is 670 g/mol. The Bertz CT molecular complexity index is 1740. The number of benzene rings is 4. The molecule has 0 spiro atoms. The van der Waals surface area contributed by atoms with E-state index in [0.29, 0.717) is 43.8 Å². The van der Waals surface area contributed by atoms with E-state index < -0.39 is 16.1 Å². The van der Waals surface area contributed by atoms with Crippen LogP contribution >= 0.6 is 0 Å². The molecule has 0 aromatic heterocycles. The molecular formula is C38H43N3O6S. The van der Waals surface area contributed by atoms with Crippen molar-refractivity contribution in [1.29, 1.82) is 0 Å². The number of sulfonamides is 1. The molecule has 1 aliphatic heterocycles. The molecule has 10 heteroatoms. The lowest BCUT2D eigenvalue weighted by Crippen LogP contribution is -2.44. The fraction of sp³-hybridized carbons (Fsp3) is 0.316. The number of amides is 2. The van der Waals surface area contributed by atoms with Gasteiger partial charge in [0.1, 0.15) is 17.5 Å². The number of nitrogens with zero attached hydrogens (tertiary/aromatic N) is 2. The number of carbonyl (C=O) groups is 2. The zero-order chi connectivity index (χ0) is 33.9. The van der Waals surface area contributed by atoms with Crippen LogP contribution in [0.4, 0.5) is 0 Å². The zero-order valence-electron chi connectivity index (χ0n) is 27.5. The summed E-state index contributed by atoms with van der Waals surface area (Å²) in [5, 5.41) is 3.07. The molecule has 1 atom stereocenters. The zero-order valence-corrected chi connectivity index (χ0v) is 28.3. The molecule has 1 aliphatic rings. The highest BCUT2D eigenvalue weighted by Crippen LogP contribution is 2.27. The molecule has 4 aromatic carbocycles. The molecule has 0 radical (unpaired) electrons. The second kappa shape index (κ2) is 16.4. The third kappa shape index (κ3) is 8.81. The van der Waals surface area contributed by atoms with Gasteiger partial charge in [-0.1, -0.05) is 66.7 Å². The van der Waals surface area contributed by atoms with Crippen LogP contribution < -0.4 is 14.8 Å². The smallest absolute Gasteiger partial charge is 0.247 e. The topological polar surface area (TPSA) is 105 Å². The van der Waals surface area contributed by atoms with Crippen molar-refractivity contribution >= 4 is 21.8 Å². The lowest BCUT2D eigenvalue weighted by molar-refractivity contribution is -0.141. The summed E-state index contributed by atoms with van der Waals surface area (Å²) in [6.07, 6.45) is 2.89. The summed E-state index contributed by atoms with van der Waals surface area (Å²) in [6, 6.07) is 30.4. The Labute approximate surface area is 283 Å². The van der Waals surface area contributed by atoms with Crippen molar-refractivity contribution in [3.05, 3.63) is 125 Å². The first-order chi connectivity index (χ1) is 23.3. The lowest BCUT2D eigenvalue weighted by Gasteiger charge is -2.32. The van der Waals surface area contributed by atoms with Gasteiger partial charge < -0.3 is 19.7 Å². The highest BCUT2D eigenvalue weighted by molar-refractivity contribution is 7.89. The van der Waals surface area contributed by atoms with Crippen molar-refractivity contribution in [2.24, 2.45) is 0 Å². The van der Waals surface area contributed by atoms with E-state index in [1.54, 1.807) is 43.4 Å². The predicted octanol–water partition coefficient (Wildman–Crippen LogP) is 5.55. The van der Waals surface area contributed by atoms with Crippen LogP contribution in [0.25, 0.3) is 0 Å². The number of rotatable bonds is 15. The van der Waals surface area contributed by atoms with Crippen LogP contribution in [0.2, 0.25) is 0 Å². The van der Waals surface area contributed by atoms with Crippen LogP contribution in [0.5, 0.6) is 11.5 Å². The maximum absolute atomic E-state index is 14.1. The van der Waals surface area contributed by atoms with Crippen LogP contribution in [0, 0.1) is 0 Å². The fourth-order valence-corrected chi connectivity index (χ4v) is 7.40. The normalized spacial score (nSPS) is 13.9. The third-order valence-corrected chi connectivity index (χ3v) is 10.5. The summed E-state index contributed by atoms with van der Waals surface area (Å²) in [5.41, 5.74) is 3.46. The Morgan fingerprint density at radius 3 is 1.88 bits per heavy atom. The van der Waals surface area contributed by atoms with Gasteiger partial charge in [-0.05, 0) is 84.3 Å². The molecule has 0 saturated carbocycles. The standard InChI is InChI=1S/C38H43N3O6S/c1-46-33-17-10-30(11-18-33)24-25-39-38(43)37(32-8-4-3-5-9-32)41(28-31-12-19-34(47-2)20-13-31)36(42)23-16-29-14-21-35(22-15-29)48(44,45)40-26-6-7-27-40/h3-5,8-15,17-22,37H,6-7,16,23-28H2,1-2H3,(H,39,43). The Morgan fingerprint density at radius 2 is 1.29 bits per heavy atom. The summed E-state index contributed by atoms with van der Waals surface area (Å²) >= 11 is 0. The third-order valence-electron chi connectivity index (χ3n) is 8.63. The van der Waals surface area contributed by atoms with E-state index in [-0.39, 0.29) is 29.7 Å². The van der Waals surface area contributed by atoms with E-state index in [9.17, 15) is 18.0 Å². The fourth-order valence-electron chi connectivity index (χ4n) is 5.88. The van der Waals surface area contributed by atoms with Crippen molar-refractivity contribution < 1.29 is 27.5 Å². The van der Waals surface area contributed by atoms with Crippen molar-refractivity contribution in [2.45, 2.75) is 49.6 Å². The number of methoxy groups -OCH3 is 2. The van der Waals surface area contributed by atoms with Gasteiger partial charge in [0.15, 0.2) is 0 Å². The molecule has 252 valence electrons. The number of ether oxygens (including phenoxy) is 2. The molecule has 1 unspecified atom stereocenters. The molecule has 2 amide bonds. The van der Waals surface area contributed by atoms with Crippen molar-refractivity contribution in [3.63, 3.8) is 0 Å². The van der Waals surface area contributed by atoms with Crippen molar-refractivity contribution in [2.75, 3.05) is 33.9 Å². The van der Waals surface area contributed by atoms with Gasteiger partial charge in [0, 0.05) is 32.6 Å². The van der Waals surface area contributed by atoms with Crippen LogP contribution in [-0.2, 0) is 39.0 Å². The van der Waals surface area contributed by atoms with E-state index >= 15 is 0 Å². The van der Waals surface area contributed by atoms with Crippen molar-refractivity contribution in [3.8, 4) is 11.5 Å². The van der Waals surface area contributed by atoms with Gasteiger partial charge in [-0.25, -0.2) is 8.42 Å². The molecule has 1 saturated heterocycles. The van der Waals surface area contributed by atoms with E-state index in [2.05, 4.69) is 5.32 Å². The molecule has 5 rings (SSSR count). The first kappa shape index (κ1) is 34.7. The van der Waals surface area contributed by atoms with E-state index in [4.69, 9.17) is 9.47 Å². The van der Waals surface area contributed by atoms with Crippen LogP contribution in [0.1, 0.15) is 47.6 Å². The highest BCUT2D eigenvalue weighted by Gasteiger charge is 2.31. The number of nitrogens with one attached hydrogen (secondary N) is 1. The minimum absolute atomic E-state index is 0.136. The van der Waals surface area contributed by atoms with E-state index in [1.165, 1.54) is 4.31 Å². The molecular weight excluding hydrogens is 626 g/mol. The number of hydrogen-bond donors (Lipinski definition) is 1. The molecule has 4 aromatic rings. The summed E-state index contributed by atoms with van der Waals surface area (Å²) in [6.45, 7) is 1.69. The molecule has 0 aliphatic carbocycles. The Kier molecular flexibility index (Phi) is 11.9. The molecule has 1 fully saturated rings. The SMILES string of the molecule is COc1ccc(CCNC(=O)C(c2ccccc2)N(Cc2ccc(OC)cc2)C(=O)CCc2ccc(S(=O)(=O)N3CCCC3)cc2)cc1. The summed E-state index contributed by atoms with van der Waals surface area (Å²) in [4.78, 5) is 30.0. The Morgan fingerprint density at radius 1 is 0.750 bits per heavy atom. The van der Waals surface area contributed by atoms with Gasteiger partial charge in [0.05, 0.1) is 19.1 Å². The minimum Gasteiger partial charge on any atom is -0.497 e. The Hall–Kier alpha value is -4.67. The van der Waals surface area contributed by atoms with E-state index in [1.807, 2.05) is 78.9 Å². The van der Waals surface area contributed by atoms with Gasteiger partial charge in [-0.3, -0.25) is 9.59 Å². The van der Waals surface area contributed by atoms with Crippen LogP contribution in [0.3, 0.4) is 0 Å². The quantitative estimate of drug-likeness (QED) is 0.178. The van der Waals surface area contributed by atoms with Crippen molar-refractivity contribution in [1.82, 2.24) is 14.5 Å². The lowest BCUT2D eigenvalue weighted by atomic mass is 10.0. The first-order valence-electron chi connectivity index (χ1n) is 16.3. The summed E-state index contributed by atoms with van der Waals surface area (Å²) in [7, 11) is -0.301. The second-order valence-electron chi connectivity index (χ2n) is 11.8. The van der Waals surface area contributed by atoms with Gasteiger partial charge in [-0.15, -0.1) is 0 Å². The minimum atomic E-state index is -3.52. The number of aryl methyl sites for hydroxylation is 1. The Balaban J connectivity index is 1.35. The largest absolute Gasteiger partial charge is 0.497 e. The maximum Gasteiger partial charge on any atom is 0.247 e. The molecule has 9 nitrogen and oxygen atoms in total. The highest BCUT2D eigenvalue weighted by atomic mass is 32.2. The monoisotopic (exact) mass is 669 g/mol. The second-order valence-corrected chi connectivity index (χ2v) is 13.8. The van der Waals surface area contributed by atoms with Gasteiger partial charge in [0.2, 0.25) is 21.8 Å². The summed E-state index contributed by atoms with van der Waals surface area (Å²) in [5.74, 6) is 0.997. The van der Waals surface area contributed by atoms with Gasteiger partial charge >= 0.3 is 0 Å². The number of carbonyl (C=O) groups excluding carboxylic acids is 2. The molecule has 1 heterocycles. The van der Waals surface area contributed by atoms with Gasteiger partial charge in [0.25, 0.3) is 0 Å². The van der Waals surface area contributed by atoms with Crippen LogP contribution in [-0.4, -0.2) is 63.3 Å². The average Bonchev–Trinajstić information content (AvgIpc) is 3.68. The van der Waals surface area contributed by atoms with E-state index in [0.717, 1.165) is 35.3 Å². The molecule has 48 heavy (non-hydrogen) atoms. The molecule has 0 bridgehead atoms. The maximum atomic E-state index is 14.1. The van der Waals surface area contributed by atoms with Crippen LogP contribution in [0.15, 0.2) is 108 Å². The first-order valence-corrected chi connectivity index (χ1v) is 17.7. The van der Waals surface area contributed by atoms with Gasteiger partial charge in [-0.2, -0.15) is 4.31 Å². The predicted molar refractivity (Wildman–Crippen MR) is 185 cm³/mol. The molecule has 1 N–H and O–H groups in total. The number of hydrogen-bond acceptors (Lipinski definition) is 6.